The number of phenols is 1. The van der Waals surface area contributed by atoms with Crippen LogP contribution in [0.3, 0.4) is 0 Å². The number of hydrogen-bond donors (Lipinski definition) is 2. The topological polar surface area (TPSA) is 83.8 Å². The molecule has 2 atom stereocenters. The van der Waals surface area contributed by atoms with Crippen molar-refractivity contribution in [2.24, 2.45) is 5.92 Å². The number of phenolic OH excluding ortho intramolecular Hbond substituents is 1. The zero-order chi connectivity index (χ0) is 20.0. The van der Waals surface area contributed by atoms with Gasteiger partial charge in [-0.15, -0.1) is 0 Å². The highest BCUT2D eigenvalue weighted by atomic mass is 32.2. The van der Waals surface area contributed by atoms with Gasteiger partial charge in [0.05, 0.1) is 0 Å². The molecule has 0 aromatic heterocycles. The third-order valence-corrected chi connectivity index (χ3v) is 6.96. The van der Waals surface area contributed by atoms with Crippen molar-refractivity contribution in [3.63, 3.8) is 0 Å². The summed E-state index contributed by atoms with van der Waals surface area (Å²) in [5.41, 5.74) is 1.72. The highest BCUT2D eigenvalue weighted by molar-refractivity contribution is 7.86. The summed E-state index contributed by atoms with van der Waals surface area (Å²) < 4.78 is 40.2. The van der Waals surface area contributed by atoms with E-state index in [2.05, 4.69) is 19.9 Å². The predicted octanol–water partition coefficient (Wildman–Crippen LogP) is 4.98. The summed E-state index contributed by atoms with van der Waals surface area (Å²) >= 11 is 0. The minimum atomic E-state index is -4.54. The van der Waals surface area contributed by atoms with Crippen LogP contribution in [0.1, 0.15) is 76.8 Å². The lowest BCUT2D eigenvalue weighted by Gasteiger charge is -2.46. The van der Waals surface area contributed by atoms with E-state index >= 15 is 0 Å². The van der Waals surface area contributed by atoms with Gasteiger partial charge in [-0.2, -0.15) is 8.42 Å². The largest absolute Gasteiger partial charge is 0.506 e. The SMILES string of the molecule is CCCCCc1cc2c(c(O)c1S(=O)(=O)O)[C@@H]1C=C(C)CC[C@H]1C(C)(C)O2. The van der Waals surface area contributed by atoms with E-state index in [0.29, 0.717) is 23.3 Å². The Bertz CT molecular complexity index is 867. The van der Waals surface area contributed by atoms with Crippen LogP contribution in [0, 0.1) is 5.92 Å². The molecule has 27 heavy (non-hydrogen) atoms. The summed E-state index contributed by atoms with van der Waals surface area (Å²) in [5.74, 6) is 0.198. The Morgan fingerprint density at radius 2 is 2.00 bits per heavy atom. The van der Waals surface area contributed by atoms with Crippen molar-refractivity contribution >= 4 is 10.1 Å². The van der Waals surface area contributed by atoms with Gasteiger partial charge in [0, 0.05) is 17.4 Å². The van der Waals surface area contributed by atoms with Crippen molar-refractivity contribution in [3.05, 3.63) is 28.8 Å². The first-order valence-corrected chi connectivity index (χ1v) is 11.2. The molecule has 5 nitrogen and oxygen atoms in total. The predicted molar refractivity (Wildman–Crippen MR) is 105 cm³/mol. The molecule has 1 aromatic rings. The molecule has 1 aliphatic carbocycles. The maximum Gasteiger partial charge on any atom is 0.298 e. The van der Waals surface area contributed by atoms with Crippen LogP contribution in [0.25, 0.3) is 0 Å². The molecule has 1 aliphatic heterocycles. The number of aromatic hydroxyl groups is 1. The standard InChI is InChI=1S/C21H30O5S/c1-5-6-7-8-14-12-17-18(19(22)20(14)27(23,24)25)15-11-13(2)9-10-16(15)21(3,4)26-17/h11-12,15-16,22H,5-10H2,1-4H3,(H,23,24,25)/t15-,16-/m1/s1. The average Bonchev–Trinajstić information content (AvgIpc) is 2.52. The van der Waals surface area contributed by atoms with Crippen LogP contribution in [0.4, 0.5) is 0 Å². The van der Waals surface area contributed by atoms with Crippen LogP contribution in [-0.2, 0) is 16.5 Å². The van der Waals surface area contributed by atoms with Crippen molar-refractivity contribution in [1.82, 2.24) is 0 Å². The fourth-order valence-corrected chi connectivity index (χ4v) is 5.48. The Labute approximate surface area is 162 Å². The number of fused-ring (bicyclic) bond motifs is 3. The molecule has 1 aromatic carbocycles. The van der Waals surface area contributed by atoms with Gasteiger partial charge < -0.3 is 9.84 Å². The summed E-state index contributed by atoms with van der Waals surface area (Å²) in [6, 6.07) is 1.71. The summed E-state index contributed by atoms with van der Waals surface area (Å²) in [7, 11) is -4.54. The van der Waals surface area contributed by atoms with Gasteiger partial charge in [0.15, 0.2) is 0 Å². The molecule has 0 unspecified atom stereocenters. The van der Waals surface area contributed by atoms with Crippen molar-refractivity contribution < 1.29 is 22.8 Å². The molecule has 0 spiro atoms. The Balaban J connectivity index is 2.22. The number of allylic oxidation sites excluding steroid dienone is 2. The summed E-state index contributed by atoms with van der Waals surface area (Å²) in [4.78, 5) is -0.351. The van der Waals surface area contributed by atoms with Gasteiger partial charge in [0.25, 0.3) is 10.1 Å². The third-order valence-electron chi connectivity index (χ3n) is 5.99. The molecular weight excluding hydrogens is 364 g/mol. The van der Waals surface area contributed by atoms with Gasteiger partial charge >= 0.3 is 0 Å². The Morgan fingerprint density at radius 1 is 1.30 bits per heavy atom. The lowest BCUT2D eigenvalue weighted by atomic mass is 9.68. The second kappa shape index (κ2) is 7.13. The summed E-state index contributed by atoms with van der Waals surface area (Å²) in [6.07, 6.45) is 7.18. The third kappa shape index (κ3) is 3.74. The molecule has 2 aliphatic rings. The highest BCUT2D eigenvalue weighted by Gasteiger charge is 2.46. The molecular formula is C21H30O5S. The van der Waals surface area contributed by atoms with E-state index in [-0.39, 0.29) is 22.5 Å². The highest BCUT2D eigenvalue weighted by Crippen LogP contribution is 2.55. The van der Waals surface area contributed by atoms with Crippen LogP contribution in [-0.4, -0.2) is 23.7 Å². The Morgan fingerprint density at radius 3 is 2.63 bits per heavy atom. The molecule has 0 amide bonds. The molecule has 0 bridgehead atoms. The van der Waals surface area contributed by atoms with E-state index < -0.39 is 15.7 Å². The lowest BCUT2D eigenvalue weighted by molar-refractivity contribution is 0.0105. The molecule has 150 valence electrons. The van der Waals surface area contributed by atoms with Crippen molar-refractivity contribution in [3.8, 4) is 11.5 Å². The number of unbranched alkanes of at least 4 members (excludes halogenated alkanes) is 2. The Hall–Kier alpha value is -1.53. The minimum absolute atomic E-state index is 0.123. The monoisotopic (exact) mass is 394 g/mol. The molecule has 1 heterocycles. The zero-order valence-electron chi connectivity index (χ0n) is 16.6. The van der Waals surface area contributed by atoms with Crippen molar-refractivity contribution in [2.75, 3.05) is 0 Å². The lowest BCUT2D eigenvalue weighted by Crippen LogP contribution is -2.45. The smallest absolute Gasteiger partial charge is 0.298 e. The van der Waals surface area contributed by atoms with Gasteiger partial charge in [-0.3, -0.25) is 4.55 Å². The molecule has 0 radical (unpaired) electrons. The maximum absolute atomic E-state index is 12.1. The van der Waals surface area contributed by atoms with Crippen LogP contribution in [0.15, 0.2) is 22.6 Å². The van der Waals surface area contributed by atoms with Crippen LogP contribution in [0.5, 0.6) is 11.5 Å². The molecule has 0 saturated heterocycles. The number of ether oxygens (including phenoxy) is 1. The van der Waals surface area contributed by atoms with Gasteiger partial charge in [0.1, 0.15) is 22.0 Å². The maximum atomic E-state index is 12.1. The quantitative estimate of drug-likeness (QED) is 0.418. The number of rotatable bonds is 5. The molecule has 6 heteroatoms. The van der Waals surface area contributed by atoms with Crippen LogP contribution < -0.4 is 4.74 Å². The van der Waals surface area contributed by atoms with Gasteiger partial charge in [0.2, 0.25) is 0 Å². The first-order chi connectivity index (χ1) is 12.6. The van der Waals surface area contributed by atoms with E-state index in [1.807, 2.05) is 13.8 Å². The summed E-state index contributed by atoms with van der Waals surface area (Å²) in [6.45, 7) is 8.22. The first-order valence-electron chi connectivity index (χ1n) is 9.78. The van der Waals surface area contributed by atoms with E-state index in [1.54, 1.807) is 6.07 Å². The zero-order valence-corrected chi connectivity index (χ0v) is 17.4. The van der Waals surface area contributed by atoms with E-state index in [1.165, 1.54) is 5.57 Å². The summed E-state index contributed by atoms with van der Waals surface area (Å²) in [5, 5.41) is 11.0. The number of hydrogen-bond acceptors (Lipinski definition) is 4. The molecule has 0 saturated carbocycles. The minimum Gasteiger partial charge on any atom is -0.506 e. The van der Waals surface area contributed by atoms with Gasteiger partial charge in [-0.1, -0.05) is 31.4 Å². The van der Waals surface area contributed by atoms with Crippen molar-refractivity contribution in [1.29, 1.82) is 0 Å². The number of benzene rings is 1. The van der Waals surface area contributed by atoms with Crippen molar-refractivity contribution in [2.45, 2.75) is 82.6 Å². The van der Waals surface area contributed by atoms with Crippen LogP contribution >= 0.6 is 0 Å². The van der Waals surface area contributed by atoms with Gasteiger partial charge in [-0.25, -0.2) is 0 Å². The average molecular weight is 395 g/mol. The van der Waals surface area contributed by atoms with Crippen LogP contribution in [0.2, 0.25) is 0 Å². The Kier molecular flexibility index (Phi) is 5.34. The molecule has 3 rings (SSSR count). The first kappa shape index (κ1) is 20.2. The fourth-order valence-electron chi connectivity index (χ4n) is 4.63. The van der Waals surface area contributed by atoms with Gasteiger partial charge in [-0.05, 0) is 58.1 Å². The molecule has 0 fully saturated rings. The second-order valence-corrected chi connectivity index (χ2v) is 9.81. The van der Waals surface area contributed by atoms with E-state index in [4.69, 9.17) is 4.74 Å². The normalized spacial score (nSPS) is 23.8. The number of aryl methyl sites for hydroxylation is 1. The second-order valence-electron chi connectivity index (χ2n) is 8.45. The van der Waals surface area contributed by atoms with E-state index in [0.717, 1.165) is 32.1 Å². The fraction of sp³-hybridized carbons (Fsp3) is 0.619. The van der Waals surface area contributed by atoms with E-state index in [9.17, 15) is 18.1 Å². The molecule has 2 N–H and O–H groups in total.